The van der Waals surface area contributed by atoms with E-state index in [0.717, 1.165) is 23.8 Å². The molecule has 5 aromatic rings. The Morgan fingerprint density at radius 3 is 2.47 bits per heavy atom. The molecule has 2 unspecified atom stereocenters. The summed E-state index contributed by atoms with van der Waals surface area (Å²) in [6.07, 6.45) is 0.311. The highest BCUT2D eigenvalue weighted by molar-refractivity contribution is 7.10. The van der Waals surface area contributed by atoms with Gasteiger partial charge in [0.25, 0.3) is 12.6 Å². The van der Waals surface area contributed by atoms with Crippen molar-refractivity contribution < 1.29 is 49.9 Å². The van der Waals surface area contributed by atoms with Crippen LogP contribution in [0, 0.1) is 23.0 Å². The highest BCUT2D eigenvalue weighted by atomic mass is 35.5. The number of esters is 1. The van der Waals surface area contributed by atoms with E-state index < -0.39 is 47.7 Å². The fourth-order valence-corrected chi connectivity index (χ4v) is 6.46. The second-order valence-corrected chi connectivity index (χ2v) is 13.0. The molecular weight excluding hydrogens is 751 g/mol. The number of anilines is 1. The van der Waals surface area contributed by atoms with Gasteiger partial charge in [-0.15, -0.1) is 23.7 Å². The minimum atomic E-state index is -2.01. The van der Waals surface area contributed by atoms with Crippen molar-refractivity contribution in [2.75, 3.05) is 19.4 Å². The number of amides is 1. The predicted octanol–water partition coefficient (Wildman–Crippen LogP) is 3.45. The molecule has 12 nitrogen and oxygen atoms in total. The number of benzene rings is 3. The van der Waals surface area contributed by atoms with Gasteiger partial charge in [-0.1, -0.05) is 41.9 Å². The molecule has 2 aromatic heterocycles. The van der Waals surface area contributed by atoms with Crippen molar-refractivity contribution in [3.05, 3.63) is 118 Å². The van der Waals surface area contributed by atoms with Crippen molar-refractivity contribution >= 4 is 41.5 Å². The van der Waals surface area contributed by atoms with Crippen molar-refractivity contribution in [1.82, 2.24) is 19.7 Å². The van der Waals surface area contributed by atoms with Crippen LogP contribution in [0.4, 0.5) is 19.3 Å². The van der Waals surface area contributed by atoms with Crippen LogP contribution in [0.5, 0.6) is 0 Å². The third-order valence-electron chi connectivity index (χ3n) is 8.20. The topological polar surface area (TPSA) is 146 Å². The number of rotatable bonds is 12. The van der Waals surface area contributed by atoms with Crippen LogP contribution in [0.2, 0.25) is 0 Å². The standard InChI is InChI=1S/C36H35F2N7O5S.2ClH/c1-22(33-41-32(18-51-33)26-12-10-25(17-39)11-13-26)36(48,29-16-27(37)14-15-30(29)38)19-44-20-40-45(21-44)23(2)49-35(47)42-31-9-7-6-8-28(31)34(43(4)5)50-24(3)46;;/h6-16,18,20-23,34,48H,19H2,1-5H3;2*1H/t22-,23?,34?,36+;;/m0../s1. The fourth-order valence-electron chi connectivity index (χ4n) is 5.49. The van der Waals surface area contributed by atoms with E-state index >= 15 is 4.39 Å². The number of hydrogen-bond donors (Lipinski definition) is 2. The van der Waals surface area contributed by atoms with Crippen molar-refractivity contribution in [1.29, 1.82) is 5.26 Å². The Morgan fingerprint density at radius 2 is 1.81 bits per heavy atom. The number of nitrogens with one attached hydrogen (secondary N) is 1. The van der Waals surface area contributed by atoms with E-state index in [9.17, 15) is 19.1 Å². The zero-order valence-corrected chi connectivity index (χ0v) is 31.6. The Labute approximate surface area is 321 Å². The van der Waals surface area contributed by atoms with E-state index in [0.29, 0.717) is 27.5 Å². The molecule has 2 heterocycles. The molecule has 0 radical (unpaired) electrons. The number of nitrogens with zero attached hydrogens (tertiary/aromatic N) is 6. The molecule has 0 fully saturated rings. The summed E-state index contributed by atoms with van der Waals surface area (Å²) in [6, 6.07) is 18.6. The van der Waals surface area contributed by atoms with Gasteiger partial charge in [0, 0.05) is 46.9 Å². The first-order valence-electron chi connectivity index (χ1n) is 15.8. The van der Waals surface area contributed by atoms with Crippen molar-refractivity contribution in [3.63, 3.8) is 0 Å². The average molecular weight is 789 g/mol. The highest BCUT2D eigenvalue weighted by Crippen LogP contribution is 2.41. The Bertz CT molecular complexity index is 2080. The molecule has 0 aliphatic heterocycles. The van der Waals surface area contributed by atoms with Gasteiger partial charge in [-0.3, -0.25) is 15.0 Å². The number of ether oxygens (including phenoxy) is 2. The number of para-hydroxylation sites is 1. The summed E-state index contributed by atoms with van der Waals surface area (Å²) in [7, 11) is 3.46. The molecule has 0 saturated carbocycles. The molecule has 2 N–H and O–H groups in total. The molecule has 5 rings (SSSR count). The maximum atomic E-state index is 15.3. The Morgan fingerprint density at radius 1 is 1.11 bits per heavy atom. The van der Waals surface area contributed by atoms with Gasteiger partial charge in [0.1, 0.15) is 23.8 Å². The zero-order chi connectivity index (χ0) is 36.9. The van der Waals surface area contributed by atoms with E-state index in [2.05, 4.69) is 16.5 Å². The third-order valence-corrected chi connectivity index (χ3v) is 9.22. The fraction of sp³-hybridized carbons (Fsp3) is 0.278. The summed E-state index contributed by atoms with van der Waals surface area (Å²) in [4.78, 5) is 31.1. The highest BCUT2D eigenvalue weighted by Gasteiger charge is 2.43. The van der Waals surface area contributed by atoms with Crippen LogP contribution < -0.4 is 22.3 Å². The van der Waals surface area contributed by atoms with Gasteiger partial charge in [0.15, 0.2) is 6.23 Å². The van der Waals surface area contributed by atoms with Crippen LogP contribution in [0.1, 0.15) is 60.8 Å². The molecule has 0 bridgehead atoms. The molecule has 53 heavy (non-hydrogen) atoms. The van der Waals surface area contributed by atoms with Crippen LogP contribution in [0.25, 0.3) is 11.3 Å². The minimum absolute atomic E-state index is 0. The first-order valence-corrected chi connectivity index (χ1v) is 16.6. The van der Waals surface area contributed by atoms with E-state index in [1.165, 1.54) is 40.2 Å². The van der Waals surface area contributed by atoms with Crippen molar-refractivity contribution in [3.8, 4) is 17.3 Å². The third kappa shape index (κ3) is 9.92. The number of halogens is 4. The van der Waals surface area contributed by atoms with Gasteiger partial charge in [-0.05, 0) is 50.5 Å². The van der Waals surface area contributed by atoms with Crippen LogP contribution in [0.3, 0.4) is 0 Å². The number of aliphatic hydroxyl groups is 1. The Kier molecular flexibility index (Phi) is 14.6. The van der Waals surface area contributed by atoms with Gasteiger partial charge in [-0.2, -0.15) is 5.26 Å². The van der Waals surface area contributed by atoms with Crippen LogP contribution >= 0.6 is 23.7 Å². The maximum absolute atomic E-state index is 15.3. The molecule has 0 aliphatic carbocycles. The zero-order valence-electron chi connectivity index (χ0n) is 29.2. The number of carbonyl (C=O) groups is 2. The molecule has 1 amide bonds. The number of hydrogen-bond acceptors (Lipinski definition) is 10. The second-order valence-electron chi connectivity index (χ2n) is 12.1. The second kappa shape index (κ2) is 18.2. The van der Waals surface area contributed by atoms with Gasteiger partial charge in [0.2, 0.25) is 6.33 Å². The summed E-state index contributed by atoms with van der Waals surface area (Å²) in [5.74, 6) is -2.86. The van der Waals surface area contributed by atoms with Gasteiger partial charge < -0.3 is 27.0 Å². The first-order chi connectivity index (χ1) is 24.3. The normalized spacial score (nSPS) is 13.7. The Hall–Kier alpha value is -4.98. The van der Waals surface area contributed by atoms with Crippen LogP contribution in [-0.4, -0.2) is 50.9 Å². The molecule has 3 aromatic carbocycles. The molecule has 0 spiro atoms. The van der Waals surface area contributed by atoms with Crippen molar-refractivity contribution in [2.24, 2.45) is 0 Å². The molecule has 17 heteroatoms. The summed E-state index contributed by atoms with van der Waals surface area (Å²) in [5, 5.41) is 30.6. The van der Waals surface area contributed by atoms with E-state index in [1.54, 1.807) is 86.8 Å². The van der Waals surface area contributed by atoms with Crippen LogP contribution in [0.15, 0.2) is 84.8 Å². The van der Waals surface area contributed by atoms with E-state index in [1.807, 2.05) is 0 Å². The largest absolute Gasteiger partial charge is 1.00 e. The lowest BCUT2D eigenvalue weighted by molar-refractivity contribution is -0.713. The first kappa shape index (κ1) is 42.4. The average Bonchev–Trinajstić information content (AvgIpc) is 3.79. The van der Waals surface area contributed by atoms with Gasteiger partial charge >= 0.3 is 12.1 Å². The quantitative estimate of drug-likeness (QED) is 0.110. The summed E-state index contributed by atoms with van der Waals surface area (Å²) < 4.78 is 43.6. The molecule has 4 atom stereocenters. The SMILES string of the molecule is CC(=O)OC(c1ccccc1NC(=O)OC(C)n1c[n+](C[C@](O)(c2cc(F)ccc2F)[C@@H](C)c2nc(-c3ccc(C#N)cc3)cs2)cn1)N(C)C.Cl.[Cl-]. The Balaban J connectivity index is 0.00000378. The predicted molar refractivity (Wildman–Crippen MR) is 190 cm³/mol. The maximum Gasteiger partial charge on any atom is 0.414 e. The van der Waals surface area contributed by atoms with Gasteiger partial charge in [-0.25, -0.2) is 23.1 Å². The van der Waals surface area contributed by atoms with E-state index in [-0.39, 0.29) is 36.9 Å². The number of carbonyl (C=O) groups excluding carboxylic acids is 2. The number of thiazole rings is 1. The monoisotopic (exact) mass is 787 g/mol. The van der Waals surface area contributed by atoms with Crippen molar-refractivity contribution in [2.45, 2.75) is 51.3 Å². The summed E-state index contributed by atoms with van der Waals surface area (Å²) in [5.41, 5.74) is 0.467. The summed E-state index contributed by atoms with van der Waals surface area (Å²) >= 11 is 1.26. The minimum Gasteiger partial charge on any atom is -1.00 e. The molecule has 0 saturated heterocycles. The van der Waals surface area contributed by atoms with E-state index in [4.69, 9.17) is 19.7 Å². The molecule has 280 valence electrons. The summed E-state index contributed by atoms with van der Waals surface area (Å²) in [6.45, 7) is 4.27. The smallest absolute Gasteiger partial charge is 0.414 e. The van der Waals surface area contributed by atoms with Crippen LogP contribution in [-0.2, 0) is 26.4 Å². The lowest BCUT2D eigenvalue weighted by atomic mass is 9.82. The number of aromatic nitrogens is 4. The molecule has 0 aliphatic rings. The lowest BCUT2D eigenvalue weighted by Gasteiger charge is -2.32. The lowest BCUT2D eigenvalue weighted by Crippen LogP contribution is -3.00. The van der Waals surface area contributed by atoms with Gasteiger partial charge in [0.05, 0.1) is 28.0 Å². The number of nitriles is 1. The molecular formula is C36H37Cl2F2N7O5S.